The van der Waals surface area contributed by atoms with Crippen molar-refractivity contribution in [3.63, 3.8) is 0 Å². The monoisotopic (exact) mass is 366 g/mol. The number of ether oxygens (including phenoxy) is 1. The molecule has 0 saturated heterocycles. The van der Waals surface area contributed by atoms with Crippen LogP contribution in [-0.2, 0) is 10.8 Å². The van der Waals surface area contributed by atoms with Crippen LogP contribution >= 0.6 is 0 Å². The minimum absolute atomic E-state index is 0.0518. The summed E-state index contributed by atoms with van der Waals surface area (Å²) in [5.41, 5.74) is 1.30. The quantitative estimate of drug-likeness (QED) is 0.790. The molecule has 2 rings (SSSR count). The number of fused-ring (bicyclic) bond motifs is 1. The number of aliphatic hydroxyl groups excluding tert-OH is 1. The van der Waals surface area contributed by atoms with Gasteiger partial charge >= 0.3 is 0 Å². The molecule has 0 aliphatic carbocycles. The molecule has 2 aromatic rings. The molecule has 138 valence electrons. The van der Waals surface area contributed by atoms with Crippen LogP contribution in [0.3, 0.4) is 0 Å². The largest absolute Gasteiger partial charge is 0.481 e. The lowest BCUT2D eigenvalue weighted by Crippen LogP contribution is -2.42. The number of hydrogen-bond donors (Lipinski definition) is 1. The van der Waals surface area contributed by atoms with E-state index in [9.17, 15) is 9.50 Å². The Bertz CT molecular complexity index is 747. The lowest BCUT2D eigenvalue weighted by Gasteiger charge is -2.36. The van der Waals surface area contributed by atoms with Gasteiger partial charge in [-0.25, -0.2) is 9.37 Å². The van der Waals surface area contributed by atoms with Gasteiger partial charge < -0.3 is 14.3 Å². The molecule has 2 aromatic heterocycles. The summed E-state index contributed by atoms with van der Waals surface area (Å²) in [6, 6.07) is 3.40. The molecule has 25 heavy (non-hydrogen) atoms. The summed E-state index contributed by atoms with van der Waals surface area (Å²) in [7, 11) is -0.466. The molecule has 0 amide bonds. The number of halogens is 1. The number of aliphatic hydroxyl groups is 1. The zero-order chi connectivity index (χ0) is 18.8. The zero-order valence-corrected chi connectivity index (χ0v) is 16.8. The third-order valence-corrected chi connectivity index (χ3v) is 9.33. The molecule has 0 radical (unpaired) electrons. The predicted octanol–water partition coefficient (Wildman–Crippen LogP) is 3.70. The van der Waals surface area contributed by atoms with Crippen molar-refractivity contribution in [3.8, 4) is 5.88 Å². The third-order valence-electron chi connectivity index (χ3n) is 4.83. The van der Waals surface area contributed by atoms with Crippen molar-refractivity contribution in [1.29, 1.82) is 0 Å². The van der Waals surface area contributed by atoms with Crippen molar-refractivity contribution in [3.05, 3.63) is 29.7 Å². The van der Waals surface area contributed by atoms with Crippen molar-refractivity contribution in [1.82, 2.24) is 9.97 Å². The Morgan fingerprint density at radius 1 is 1.28 bits per heavy atom. The van der Waals surface area contributed by atoms with Crippen LogP contribution in [0.1, 0.15) is 26.3 Å². The smallest absolute Gasteiger partial charge is 0.213 e. The first-order chi connectivity index (χ1) is 11.5. The van der Waals surface area contributed by atoms with Crippen LogP contribution in [0.5, 0.6) is 5.88 Å². The molecule has 0 fully saturated rings. The minimum atomic E-state index is -1.97. The Hall–Kier alpha value is -1.57. The molecule has 0 aliphatic rings. The van der Waals surface area contributed by atoms with Crippen molar-refractivity contribution in [2.24, 2.45) is 0 Å². The van der Waals surface area contributed by atoms with E-state index in [0.717, 1.165) is 6.20 Å². The van der Waals surface area contributed by atoms with E-state index >= 15 is 0 Å². The standard InChI is InChI=1S/C18H27FN2O3Si/c1-18(2,3)25(5,6)24-11-12(22)9-13-14(19)10-20-15-7-8-16(23-4)21-17(13)15/h7-8,10,12,22H,9,11H2,1-6H3. The number of aromatic nitrogens is 2. The molecule has 2 heterocycles. The number of rotatable bonds is 6. The molecule has 0 spiro atoms. The van der Waals surface area contributed by atoms with Gasteiger partial charge in [-0.15, -0.1) is 0 Å². The van der Waals surface area contributed by atoms with Crippen LogP contribution < -0.4 is 4.74 Å². The molecule has 7 heteroatoms. The van der Waals surface area contributed by atoms with Gasteiger partial charge in [0.25, 0.3) is 0 Å². The van der Waals surface area contributed by atoms with Gasteiger partial charge in [-0.1, -0.05) is 20.8 Å². The molecule has 1 N–H and O–H groups in total. The van der Waals surface area contributed by atoms with Gasteiger partial charge in [0, 0.05) is 18.1 Å². The lowest BCUT2D eigenvalue weighted by molar-refractivity contribution is 0.0996. The highest BCUT2D eigenvalue weighted by molar-refractivity contribution is 6.74. The fourth-order valence-electron chi connectivity index (χ4n) is 2.20. The summed E-state index contributed by atoms with van der Waals surface area (Å²) in [6.45, 7) is 10.8. The van der Waals surface area contributed by atoms with E-state index in [-0.39, 0.29) is 18.1 Å². The number of methoxy groups -OCH3 is 1. The van der Waals surface area contributed by atoms with Gasteiger partial charge in [0.15, 0.2) is 8.32 Å². The van der Waals surface area contributed by atoms with Crippen LogP contribution in [0.15, 0.2) is 18.3 Å². The van der Waals surface area contributed by atoms with Crippen LogP contribution in [0, 0.1) is 5.82 Å². The summed E-state index contributed by atoms with van der Waals surface area (Å²) in [5, 5.41) is 10.4. The fourth-order valence-corrected chi connectivity index (χ4v) is 3.24. The number of nitrogens with zero attached hydrogens (tertiary/aromatic N) is 2. The first-order valence-electron chi connectivity index (χ1n) is 8.35. The molecule has 5 nitrogen and oxygen atoms in total. The first-order valence-corrected chi connectivity index (χ1v) is 11.3. The second-order valence-electron chi connectivity index (χ2n) is 7.74. The Morgan fingerprint density at radius 3 is 2.56 bits per heavy atom. The minimum Gasteiger partial charge on any atom is -0.481 e. The Labute approximate surface area is 149 Å². The molecular formula is C18H27FN2O3Si. The summed E-state index contributed by atoms with van der Waals surface area (Å²) in [4.78, 5) is 8.33. The van der Waals surface area contributed by atoms with Gasteiger partial charge in [-0.3, -0.25) is 4.98 Å². The van der Waals surface area contributed by atoms with Crippen molar-refractivity contribution in [2.45, 2.75) is 51.4 Å². The maximum atomic E-state index is 14.3. The highest BCUT2D eigenvalue weighted by Gasteiger charge is 2.37. The van der Waals surface area contributed by atoms with Gasteiger partial charge in [0.05, 0.1) is 37.1 Å². The maximum Gasteiger partial charge on any atom is 0.213 e. The van der Waals surface area contributed by atoms with Crippen molar-refractivity contribution >= 4 is 19.4 Å². The average Bonchev–Trinajstić information content (AvgIpc) is 2.54. The Balaban J connectivity index is 2.20. The summed E-state index contributed by atoms with van der Waals surface area (Å²) in [5.74, 6) is -0.104. The average molecular weight is 367 g/mol. The van der Waals surface area contributed by atoms with Gasteiger partial charge in [-0.2, -0.15) is 0 Å². The lowest BCUT2D eigenvalue weighted by atomic mass is 10.1. The van der Waals surface area contributed by atoms with E-state index in [4.69, 9.17) is 9.16 Å². The topological polar surface area (TPSA) is 64.5 Å². The zero-order valence-electron chi connectivity index (χ0n) is 15.8. The summed E-state index contributed by atoms with van der Waals surface area (Å²) in [6.07, 6.45) is 0.453. The maximum absolute atomic E-state index is 14.3. The summed E-state index contributed by atoms with van der Waals surface area (Å²) < 4.78 is 25.4. The van der Waals surface area contributed by atoms with Gasteiger partial charge in [0.2, 0.25) is 5.88 Å². The second kappa shape index (κ2) is 7.35. The van der Waals surface area contributed by atoms with E-state index in [1.807, 2.05) is 0 Å². The van der Waals surface area contributed by atoms with E-state index in [1.54, 1.807) is 12.1 Å². The van der Waals surface area contributed by atoms with E-state index in [1.165, 1.54) is 7.11 Å². The normalized spacial score (nSPS) is 13.9. The molecule has 1 atom stereocenters. The molecule has 1 unspecified atom stereocenters. The number of pyridine rings is 2. The fraction of sp³-hybridized carbons (Fsp3) is 0.556. The molecule has 0 saturated carbocycles. The third kappa shape index (κ3) is 4.53. The van der Waals surface area contributed by atoms with Crippen molar-refractivity contribution in [2.75, 3.05) is 13.7 Å². The number of hydrogen-bond acceptors (Lipinski definition) is 5. The van der Waals surface area contributed by atoms with E-state index < -0.39 is 20.2 Å². The van der Waals surface area contributed by atoms with E-state index in [2.05, 4.69) is 43.8 Å². The predicted molar refractivity (Wildman–Crippen MR) is 98.9 cm³/mol. The van der Waals surface area contributed by atoms with E-state index in [0.29, 0.717) is 22.5 Å². The summed E-state index contributed by atoms with van der Waals surface area (Å²) >= 11 is 0. The molecule has 0 aromatic carbocycles. The van der Waals surface area contributed by atoms with Crippen LogP contribution in [0.25, 0.3) is 11.0 Å². The first kappa shape index (κ1) is 19.7. The Kier molecular flexibility index (Phi) is 5.81. The SMILES string of the molecule is COc1ccc2ncc(F)c(CC(O)CO[Si](C)(C)C(C)(C)C)c2n1. The van der Waals surface area contributed by atoms with Gasteiger partial charge in [0.1, 0.15) is 5.82 Å². The second-order valence-corrected chi connectivity index (χ2v) is 12.5. The van der Waals surface area contributed by atoms with Crippen molar-refractivity contribution < 1.29 is 18.7 Å². The van der Waals surface area contributed by atoms with Gasteiger partial charge in [-0.05, 0) is 24.2 Å². The molecule has 0 bridgehead atoms. The van der Waals surface area contributed by atoms with Crippen LogP contribution in [-0.4, -0.2) is 43.2 Å². The highest BCUT2D eigenvalue weighted by Crippen LogP contribution is 2.36. The molecular weight excluding hydrogens is 339 g/mol. The highest BCUT2D eigenvalue weighted by atomic mass is 28.4. The van der Waals surface area contributed by atoms with Crippen LogP contribution in [0.2, 0.25) is 18.1 Å². The van der Waals surface area contributed by atoms with Crippen LogP contribution in [0.4, 0.5) is 4.39 Å². The molecule has 0 aliphatic heterocycles. The Morgan fingerprint density at radius 2 is 1.96 bits per heavy atom.